The Bertz CT molecular complexity index is 1180. The molecule has 2 N–H and O–H groups in total. The molecule has 0 radical (unpaired) electrons. The Morgan fingerprint density at radius 2 is 1.71 bits per heavy atom. The lowest BCUT2D eigenvalue weighted by Gasteiger charge is -2.07. The smallest absolute Gasteiger partial charge is 0.308 e. The van der Waals surface area contributed by atoms with Crippen LogP contribution >= 0.6 is 23.1 Å². The minimum atomic E-state index is -0.370. The number of carbonyl (C=O) groups excluding carboxylic acids is 1. The number of thioether (sulfide) groups is 1. The molecule has 0 aliphatic carbocycles. The number of amides is 2. The summed E-state index contributed by atoms with van der Waals surface area (Å²) in [7, 11) is 0. The van der Waals surface area contributed by atoms with E-state index in [1.54, 1.807) is 23.9 Å². The van der Waals surface area contributed by atoms with Gasteiger partial charge in [-0.2, -0.15) is 0 Å². The first-order valence-electron chi connectivity index (χ1n) is 9.52. The van der Waals surface area contributed by atoms with Gasteiger partial charge in [0.1, 0.15) is 5.82 Å². The summed E-state index contributed by atoms with van der Waals surface area (Å²) in [6, 6.07) is 21.6. The van der Waals surface area contributed by atoms with Crippen molar-refractivity contribution in [3.05, 3.63) is 89.7 Å². The van der Waals surface area contributed by atoms with Crippen molar-refractivity contribution >= 4 is 39.9 Å². The molecule has 8 heteroatoms. The number of aryl methyl sites for hydroxylation is 1. The highest BCUT2D eigenvalue weighted by atomic mass is 32.2. The lowest BCUT2D eigenvalue weighted by Crippen LogP contribution is -2.19. The summed E-state index contributed by atoms with van der Waals surface area (Å²) < 4.78 is 13.1. The zero-order valence-corrected chi connectivity index (χ0v) is 18.3. The van der Waals surface area contributed by atoms with E-state index in [1.165, 1.54) is 23.5 Å². The molecule has 156 valence electrons. The highest BCUT2D eigenvalue weighted by Gasteiger charge is 2.13. The predicted octanol–water partition coefficient (Wildman–Crippen LogP) is 6.59. The summed E-state index contributed by atoms with van der Waals surface area (Å²) in [5.41, 5.74) is 3.80. The van der Waals surface area contributed by atoms with Crippen molar-refractivity contribution in [3.63, 3.8) is 0 Å². The first kappa shape index (κ1) is 21.0. The van der Waals surface area contributed by atoms with Crippen LogP contribution in [0.1, 0.15) is 11.1 Å². The van der Waals surface area contributed by atoms with Gasteiger partial charge in [0.05, 0.1) is 0 Å². The molecule has 0 unspecified atom stereocenters. The van der Waals surface area contributed by atoms with Crippen molar-refractivity contribution in [2.24, 2.45) is 0 Å². The number of hydrogen-bond donors (Lipinski definition) is 2. The van der Waals surface area contributed by atoms with E-state index in [0.717, 1.165) is 21.6 Å². The molecule has 0 saturated heterocycles. The maximum Gasteiger partial charge on any atom is 0.325 e. The van der Waals surface area contributed by atoms with Crippen molar-refractivity contribution in [2.45, 2.75) is 17.6 Å². The monoisotopic (exact) mass is 450 g/mol. The molecule has 2 amide bonds. The fourth-order valence-corrected chi connectivity index (χ4v) is 4.64. The molecule has 0 fully saturated rings. The molecule has 1 heterocycles. The predicted molar refractivity (Wildman–Crippen MR) is 125 cm³/mol. The maximum atomic E-state index is 13.1. The van der Waals surface area contributed by atoms with Gasteiger partial charge < -0.3 is 5.32 Å². The van der Waals surface area contributed by atoms with Crippen molar-refractivity contribution in [1.82, 2.24) is 10.2 Å². The zero-order valence-electron chi connectivity index (χ0n) is 16.6. The van der Waals surface area contributed by atoms with E-state index in [-0.39, 0.29) is 11.8 Å². The van der Waals surface area contributed by atoms with Crippen LogP contribution in [0, 0.1) is 12.7 Å². The molecule has 0 spiro atoms. The quantitative estimate of drug-likeness (QED) is 0.325. The Labute approximate surface area is 187 Å². The number of rotatable bonds is 6. The van der Waals surface area contributed by atoms with Crippen LogP contribution in [0.15, 0.2) is 77.7 Å². The van der Waals surface area contributed by atoms with Crippen molar-refractivity contribution < 1.29 is 9.18 Å². The number of nitrogens with zero attached hydrogens (tertiary/aromatic N) is 2. The van der Waals surface area contributed by atoms with Crippen LogP contribution in [-0.2, 0) is 5.75 Å². The third kappa shape index (κ3) is 5.68. The minimum Gasteiger partial charge on any atom is -0.308 e. The first-order chi connectivity index (χ1) is 15.1. The number of anilines is 2. The summed E-state index contributed by atoms with van der Waals surface area (Å²) in [6.07, 6.45) is 0. The molecule has 4 aromatic rings. The fraction of sp³-hybridized carbons (Fsp3) is 0.0870. The Balaban J connectivity index is 1.43. The molecule has 5 nitrogen and oxygen atoms in total. The summed E-state index contributed by atoms with van der Waals surface area (Å²) in [5.74, 6) is 0.467. The standard InChI is InChI=1S/C23H19FN4OS2/c1-15-6-12-18(13-7-15)25-22(29)26-23-28-27-21(31-23)19-4-2-3-5-20(19)30-14-16-8-10-17(24)11-9-16/h2-13H,14H2,1H3,(H2,25,26,28,29). The number of urea groups is 1. The molecule has 31 heavy (non-hydrogen) atoms. The van der Waals surface area contributed by atoms with E-state index >= 15 is 0 Å². The molecule has 0 bridgehead atoms. The molecule has 0 aliphatic rings. The van der Waals surface area contributed by atoms with Crippen LogP contribution in [0.4, 0.5) is 20.0 Å². The zero-order chi connectivity index (χ0) is 21.6. The highest BCUT2D eigenvalue weighted by Crippen LogP contribution is 2.35. The summed E-state index contributed by atoms with van der Waals surface area (Å²) >= 11 is 2.95. The Kier molecular flexibility index (Phi) is 6.59. The van der Waals surface area contributed by atoms with Crippen LogP contribution in [0.5, 0.6) is 0 Å². The number of aromatic nitrogens is 2. The van der Waals surface area contributed by atoms with E-state index < -0.39 is 0 Å². The Hall–Kier alpha value is -3.23. The molecule has 4 rings (SSSR count). The van der Waals surface area contributed by atoms with E-state index in [4.69, 9.17) is 0 Å². The third-order valence-electron chi connectivity index (χ3n) is 4.38. The second-order valence-electron chi connectivity index (χ2n) is 6.77. The van der Waals surface area contributed by atoms with Gasteiger partial charge in [0.15, 0.2) is 5.01 Å². The molecule has 0 saturated carbocycles. The second kappa shape index (κ2) is 9.72. The SMILES string of the molecule is Cc1ccc(NC(=O)Nc2nnc(-c3ccccc3SCc3ccc(F)cc3)s2)cc1. The topological polar surface area (TPSA) is 66.9 Å². The average Bonchev–Trinajstić information content (AvgIpc) is 3.23. The van der Waals surface area contributed by atoms with Crippen LogP contribution < -0.4 is 10.6 Å². The third-order valence-corrected chi connectivity index (χ3v) is 6.40. The average molecular weight is 451 g/mol. The van der Waals surface area contributed by atoms with Gasteiger partial charge in [0.25, 0.3) is 0 Å². The van der Waals surface area contributed by atoms with Gasteiger partial charge >= 0.3 is 6.03 Å². The number of benzene rings is 3. The van der Waals surface area contributed by atoms with Gasteiger partial charge in [0, 0.05) is 21.9 Å². The summed E-state index contributed by atoms with van der Waals surface area (Å²) in [5, 5.41) is 15.0. The van der Waals surface area contributed by atoms with Crippen molar-refractivity contribution in [1.29, 1.82) is 0 Å². The molecule has 0 atom stereocenters. The van der Waals surface area contributed by atoms with Crippen molar-refractivity contribution in [2.75, 3.05) is 10.6 Å². The number of carbonyl (C=O) groups is 1. The molecule has 0 aliphatic heterocycles. The first-order valence-corrected chi connectivity index (χ1v) is 11.3. The van der Waals surface area contributed by atoms with Gasteiger partial charge in [0.2, 0.25) is 5.13 Å². The van der Waals surface area contributed by atoms with Crippen LogP contribution in [0.2, 0.25) is 0 Å². The van der Waals surface area contributed by atoms with E-state index in [1.807, 2.05) is 55.5 Å². The van der Waals surface area contributed by atoms with Crippen LogP contribution in [-0.4, -0.2) is 16.2 Å². The van der Waals surface area contributed by atoms with Gasteiger partial charge in [-0.3, -0.25) is 5.32 Å². The van der Waals surface area contributed by atoms with Gasteiger partial charge in [-0.05, 0) is 42.8 Å². The van der Waals surface area contributed by atoms with Crippen molar-refractivity contribution in [3.8, 4) is 10.6 Å². The Morgan fingerprint density at radius 3 is 2.48 bits per heavy atom. The number of halogens is 1. The van der Waals surface area contributed by atoms with E-state index in [2.05, 4.69) is 20.8 Å². The van der Waals surface area contributed by atoms with E-state index in [0.29, 0.717) is 21.6 Å². The molecule has 1 aromatic heterocycles. The molecular weight excluding hydrogens is 431 g/mol. The maximum absolute atomic E-state index is 13.1. The van der Waals surface area contributed by atoms with E-state index in [9.17, 15) is 9.18 Å². The van der Waals surface area contributed by atoms with Gasteiger partial charge in [-0.15, -0.1) is 22.0 Å². The number of hydrogen-bond acceptors (Lipinski definition) is 5. The normalized spacial score (nSPS) is 10.6. The lowest BCUT2D eigenvalue weighted by molar-refractivity contribution is 0.262. The van der Waals surface area contributed by atoms with Crippen LogP contribution in [0.3, 0.4) is 0 Å². The van der Waals surface area contributed by atoms with Gasteiger partial charge in [-0.25, -0.2) is 9.18 Å². The summed E-state index contributed by atoms with van der Waals surface area (Å²) in [6.45, 7) is 1.99. The van der Waals surface area contributed by atoms with Crippen LogP contribution in [0.25, 0.3) is 10.6 Å². The number of nitrogens with one attached hydrogen (secondary N) is 2. The minimum absolute atomic E-state index is 0.241. The largest absolute Gasteiger partial charge is 0.325 e. The second-order valence-corrected chi connectivity index (χ2v) is 8.76. The highest BCUT2D eigenvalue weighted by molar-refractivity contribution is 7.98. The molecule has 3 aromatic carbocycles. The fourth-order valence-electron chi connectivity index (χ4n) is 2.79. The molecular formula is C23H19FN4OS2. The lowest BCUT2D eigenvalue weighted by atomic mass is 10.2. The van der Waals surface area contributed by atoms with Gasteiger partial charge in [-0.1, -0.05) is 59.4 Å². The summed E-state index contributed by atoms with van der Waals surface area (Å²) in [4.78, 5) is 13.3. The Morgan fingerprint density at radius 1 is 0.968 bits per heavy atom.